The van der Waals surface area contributed by atoms with E-state index >= 15 is 0 Å². The van der Waals surface area contributed by atoms with E-state index in [4.69, 9.17) is 9.47 Å². The third-order valence-corrected chi connectivity index (χ3v) is 2.94. The Labute approximate surface area is 118 Å². The van der Waals surface area contributed by atoms with Crippen molar-refractivity contribution in [1.82, 2.24) is 19.9 Å². The first-order chi connectivity index (χ1) is 9.71. The van der Waals surface area contributed by atoms with Crippen LogP contribution in [-0.2, 0) is 4.74 Å². The van der Waals surface area contributed by atoms with E-state index < -0.39 is 0 Å². The molecule has 2 rings (SSSR count). The lowest BCUT2D eigenvalue weighted by Crippen LogP contribution is -2.43. The quantitative estimate of drug-likeness (QED) is 0.757. The standard InChI is InChI=1S/C12H22N6O2/c1-4-19-12-16-10(13-2)15-11(17-12)14-7-9-8-18(3)5-6-20-9/h9H,4-8H2,1-3H3,(H2,13,14,15,16,17). The first kappa shape index (κ1) is 14.7. The normalized spacial score (nSPS) is 19.6. The van der Waals surface area contributed by atoms with Gasteiger partial charge in [-0.1, -0.05) is 0 Å². The molecule has 0 radical (unpaired) electrons. The van der Waals surface area contributed by atoms with Crippen molar-refractivity contribution in [2.24, 2.45) is 0 Å². The van der Waals surface area contributed by atoms with Crippen LogP contribution in [0, 0.1) is 0 Å². The maximum Gasteiger partial charge on any atom is 0.323 e. The molecular weight excluding hydrogens is 260 g/mol. The van der Waals surface area contributed by atoms with Gasteiger partial charge in [0.05, 0.1) is 19.3 Å². The Hall–Kier alpha value is -1.67. The lowest BCUT2D eigenvalue weighted by molar-refractivity contribution is -0.0118. The van der Waals surface area contributed by atoms with E-state index in [2.05, 4.69) is 37.5 Å². The molecule has 1 aliphatic rings. The summed E-state index contributed by atoms with van der Waals surface area (Å²) in [7, 11) is 3.85. The van der Waals surface area contributed by atoms with Gasteiger partial charge < -0.3 is 25.0 Å². The molecule has 1 saturated heterocycles. The first-order valence-electron chi connectivity index (χ1n) is 6.82. The highest BCUT2D eigenvalue weighted by atomic mass is 16.5. The van der Waals surface area contributed by atoms with Crippen LogP contribution in [0.15, 0.2) is 0 Å². The van der Waals surface area contributed by atoms with Crippen LogP contribution in [-0.4, -0.2) is 72.9 Å². The summed E-state index contributed by atoms with van der Waals surface area (Å²) in [6, 6.07) is 0.316. The van der Waals surface area contributed by atoms with Gasteiger partial charge >= 0.3 is 6.01 Å². The van der Waals surface area contributed by atoms with Crippen LogP contribution in [0.5, 0.6) is 6.01 Å². The molecule has 2 heterocycles. The molecule has 1 atom stereocenters. The summed E-state index contributed by atoms with van der Waals surface area (Å²) in [5.41, 5.74) is 0. The third kappa shape index (κ3) is 4.17. The van der Waals surface area contributed by atoms with Gasteiger partial charge in [0, 0.05) is 26.7 Å². The van der Waals surface area contributed by atoms with Crippen molar-refractivity contribution in [2.75, 3.05) is 57.6 Å². The molecule has 0 amide bonds. The van der Waals surface area contributed by atoms with Gasteiger partial charge in [0.15, 0.2) is 0 Å². The number of hydrogen-bond acceptors (Lipinski definition) is 8. The van der Waals surface area contributed by atoms with Gasteiger partial charge in [0.2, 0.25) is 11.9 Å². The molecule has 0 spiro atoms. The summed E-state index contributed by atoms with van der Waals surface area (Å²) < 4.78 is 11.0. The van der Waals surface area contributed by atoms with Gasteiger partial charge in [-0.05, 0) is 14.0 Å². The minimum Gasteiger partial charge on any atom is -0.464 e. The Morgan fingerprint density at radius 2 is 2.15 bits per heavy atom. The van der Waals surface area contributed by atoms with Gasteiger partial charge in [-0.15, -0.1) is 0 Å². The summed E-state index contributed by atoms with van der Waals surface area (Å²) in [6.07, 6.45) is 0.138. The van der Waals surface area contributed by atoms with E-state index in [9.17, 15) is 0 Å². The summed E-state index contributed by atoms with van der Waals surface area (Å²) in [4.78, 5) is 14.8. The number of likely N-dealkylation sites (N-methyl/N-ethyl adjacent to an activating group) is 1. The molecule has 1 aromatic heterocycles. The summed E-state index contributed by atoms with van der Waals surface area (Å²) in [6.45, 7) is 5.69. The summed E-state index contributed by atoms with van der Waals surface area (Å²) in [5.74, 6) is 0.970. The fraction of sp³-hybridized carbons (Fsp3) is 0.750. The number of hydrogen-bond donors (Lipinski definition) is 2. The molecule has 0 aliphatic carbocycles. The molecule has 0 aromatic carbocycles. The number of morpholine rings is 1. The van der Waals surface area contributed by atoms with Crippen LogP contribution in [0.4, 0.5) is 11.9 Å². The molecular formula is C12H22N6O2. The van der Waals surface area contributed by atoms with Crippen molar-refractivity contribution in [2.45, 2.75) is 13.0 Å². The van der Waals surface area contributed by atoms with Crippen LogP contribution in [0.2, 0.25) is 0 Å². The van der Waals surface area contributed by atoms with Crippen molar-refractivity contribution in [3.05, 3.63) is 0 Å². The van der Waals surface area contributed by atoms with Gasteiger partial charge in [-0.25, -0.2) is 0 Å². The Bertz CT molecular complexity index is 430. The maximum absolute atomic E-state index is 5.68. The summed E-state index contributed by atoms with van der Waals surface area (Å²) >= 11 is 0. The number of nitrogens with zero attached hydrogens (tertiary/aromatic N) is 4. The van der Waals surface area contributed by atoms with Crippen LogP contribution in [0.25, 0.3) is 0 Å². The zero-order chi connectivity index (χ0) is 14.4. The van der Waals surface area contributed by atoms with E-state index in [-0.39, 0.29) is 6.10 Å². The highest BCUT2D eigenvalue weighted by Crippen LogP contribution is 2.11. The minimum atomic E-state index is 0.138. The zero-order valence-corrected chi connectivity index (χ0v) is 12.2. The van der Waals surface area contributed by atoms with E-state index in [1.165, 1.54) is 0 Å². The van der Waals surface area contributed by atoms with E-state index in [0.29, 0.717) is 31.1 Å². The van der Waals surface area contributed by atoms with E-state index in [1.54, 1.807) is 7.05 Å². The molecule has 20 heavy (non-hydrogen) atoms. The maximum atomic E-state index is 5.68. The molecule has 2 N–H and O–H groups in total. The van der Waals surface area contributed by atoms with Gasteiger partial charge in [-0.2, -0.15) is 15.0 Å². The molecule has 8 heteroatoms. The largest absolute Gasteiger partial charge is 0.464 e. The average Bonchev–Trinajstić information content (AvgIpc) is 2.45. The fourth-order valence-electron chi connectivity index (χ4n) is 1.94. The van der Waals surface area contributed by atoms with Crippen molar-refractivity contribution in [1.29, 1.82) is 0 Å². The highest BCUT2D eigenvalue weighted by molar-refractivity contribution is 5.35. The highest BCUT2D eigenvalue weighted by Gasteiger charge is 2.18. The zero-order valence-electron chi connectivity index (χ0n) is 12.2. The summed E-state index contributed by atoms with van der Waals surface area (Å²) in [5, 5.41) is 6.06. The monoisotopic (exact) mass is 282 g/mol. The number of ether oxygens (including phenoxy) is 2. The van der Waals surface area contributed by atoms with Crippen molar-refractivity contribution >= 4 is 11.9 Å². The fourth-order valence-corrected chi connectivity index (χ4v) is 1.94. The van der Waals surface area contributed by atoms with Crippen LogP contribution >= 0.6 is 0 Å². The average molecular weight is 282 g/mol. The van der Waals surface area contributed by atoms with E-state index in [0.717, 1.165) is 19.7 Å². The smallest absolute Gasteiger partial charge is 0.323 e. The van der Waals surface area contributed by atoms with Gasteiger partial charge in [-0.3, -0.25) is 0 Å². The predicted molar refractivity (Wildman–Crippen MR) is 76.3 cm³/mol. The lowest BCUT2D eigenvalue weighted by Gasteiger charge is -2.30. The molecule has 1 aliphatic heterocycles. The topological polar surface area (TPSA) is 84.4 Å². The van der Waals surface area contributed by atoms with Crippen LogP contribution in [0.3, 0.4) is 0 Å². The molecule has 1 fully saturated rings. The molecule has 0 saturated carbocycles. The second-order valence-corrected chi connectivity index (χ2v) is 4.58. The van der Waals surface area contributed by atoms with Crippen LogP contribution < -0.4 is 15.4 Å². The van der Waals surface area contributed by atoms with Gasteiger partial charge in [0.25, 0.3) is 0 Å². The second kappa shape index (κ2) is 7.20. The first-order valence-corrected chi connectivity index (χ1v) is 6.82. The lowest BCUT2D eigenvalue weighted by atomic mass is 10.3. The Morgan fingerprint density at radius 3 is 2.85 bits per heavy atom. The number of nitrogens with one attached hydrogen (secondary N) is 2. The van der Waals surface area contributed by atoms with Crippen molar-refractivity contribution < 1.29 is 9.47 Å². The van der Waals surface area contributed by atoms with Crippen molar-refractivity contribution in [3.8, 4) is 6.01 Å². The SMILES string of the molecule is CCOc1nc(NC)nc(NCC2CN(C)CCO2)n1. The Balaban J connectivity index is 1.95. The number of rotatable bonds is 6. The molecule has 8 nitrogen and oxygen atoms in total. The minimum absolute atomic E-state index is 0.138. The van der Waals surface area contributed by atoms with Crippen molar-refractivity contribution in [3.63, 3.8) is 0 Å². The molecule has 1 unspecified atom stereocenters. The van der Waals surface area contributed by atoms with E-state index in [1.807, 2.05) is 6.92 Å². The third-order valence-electron chi connectivity index (χ3n) is 2.94. The van der Waals surface area contributed by atoms with Gasteiger partial charge in [0.1, 0.15) is 0 Å². The number of anilines is 2. The predicted octanol–water partition coefficient (Wildman–Crippen LogP) is 0.0545. The molecule has 112 valence electrons. The van der Waals surface area contributed by atoms with Crippen LogP contribution in [0.1, 0.15) is 6.92 Å². The molecule has 1 aromatic rings. The molecule has 0 bridgehead atoms. The Morgan fingerprint density at radius 1 is 1.35 bits per heavy atom. The second-order valence-electron chi connectivity index (χ2n) is 4.58. The Kier molecular flexibility index (Phi) is 5.31. The number of aromatic nitrogens is 3.